The molecule has 4 aromatic rings. The van der Waals surface area contributed by atoms with Crippen molar-refractivity contribution in [1.29, 1.82) is 0 Å². The first kappa shape index (κ1) is 25.8. The maximum atomic E-state index is 13.5. The Hall–Kier alpha value is -4.44. The molecule has 1 saturated carbocycles. The Kier molecular flexibility index (Phi) is 6.22. The van der Waals surface area contributed by atoms with Crippen LogP contribution in [0, 0.1) is 13.8 Å². The van der Waals surface area contributed by atoms with E-state index in [0.717, 1.165) is 22.1 Å². The normalized spacial score (nSPS) is 19.6. The van der Waals surface area contributed by atoms with Gasteiger partial charge in [-0.05, 0) is 66.1 Å². The number of carboxylic acid groups (broad SMARTS) is 1. The summed E-state index contributed by atoms with van der Waals surface area (Å²) < 4.78 is 5.78. The minimum Gasteiger partial charge on any atom is -0.479 e. The van der Waals surface area contributed by atoms with Crippen LogP contribution >= 0.6 is 11.3 Å². The molecule has 2 aliphatic rings. The molecule has 10 heteroatoms. The average Bonchev–Trinajstić information content (AvgIpc) is 3.29. The van der Waals surface area contributed by atoms with Crippen LogP contribution in [0.3, 0.4) is 0 Å². The number of thiophene rings is 1. The van der Waals surface area contributed by atoms with Crippen molar-refractivity contribution in [3.05, 3.63) is 92.4 Å². The van der Waals surface area contributed by atoms with Crippen molar-refractivity contribution in [2.75, 3.05) is 6.54 Å². The van der Waals surface area contributed by atoms with E-state index in [2.05, 4.69) is 10.6 Å². The maximum Gasteiger partial charge on any atom is 0.331 e. The third-order valence-electron chi connectivity index (χ3n) is 7.87. The number of nitrogens with zero attached hydrogens (tertiary/aromatic N) is 1. The number of rotatable bonds is 6. The van der Waals surface area contributed by atoms with Gasteiger partial charge in [0.2, 0.25) is 0 Å². The first-order valence-corrected chi connectivity index (χ1v) is 13.9. The number of carbonyl (C=O) groups is 4. The molecule has 6 rings (SSSR count). The smallest absolute Gasteiger partial charge is 0.331 e. The quantitative estimate of drug-likeness (QED) is 0.328. The summed E-state index contributed by atoms with van der Waals surface area (Å²) in [5, 5.41) is 18.0. The first-order chi connectivity index (χ1) is 19.2. The number of fused-ring (bicyclic) bond motifs is 2. The van der Waals surface area contributed by atoms with E-state index in [0.29, 0.717) is 46.9 Å². The molecule has 0 bridgehead atoms. The second-order valence-corrected chi connectivity index (χ2v) is 11.3. The molecular weight excluding hydrogens is 530 g/mol. The van der Waals surface area contributed by atoms with Gasteiger partial charge in [0.25, 0.3) is 17.7 Å². The van der Waals surface area contributed by atoms with Crippen molar-refractivity contribution in [3.63, 3.8) is 0 Å². The molecule has 1 aliphatic heterocycles. The lowest BCUT2D eigenvalue weighted by molar-refractivity contribution is -0.140. The second-order valence-electron chi connectivity index (χ2n) is 10.4. The molecular formula is C30H27N3O6S. The van der Waals surface area contributed by atoms with Crippen molar-refractivity contribution >= 4 is 46.0 Å². The van der Waals surface area contributed by atoms with Crippen molar-refractivity contribution in [2.45, 2.75) is 44.8 Å². The Morgan fingerprint density at radius 3 is 2.60 bits per heavy atom. The van der Waals surface area contributed by atoms with Gasteiger partial charge in [0.15, 0.2) is 11.3 Å². The van der Waals surface area contributed by atoms with Crippen molar-refractivity contribution in [2.24, 2.45) is 0 Å². The Balaban J connectivity index is 1.20. The summed E-state index contributed by atoms with van der Waals surface area (Å²) >= 11 is 1.26. The Bertz CT molecular complexity index is 1660. The first-order valence-electron chi connectivity index (χ1n) is 13.0. The van der Waals surface area contributed by atoms with E-state index >= 15 is 0 Å². The van der Waals surface area contributed by atoms with Gasteiger partial charge < -0.3 is 25.1 Å². The van der Waals surface area contributed by atoms with Gasteiger partial charge in [-0.2, -0.15) is 0 Å². The van der Waals surface area contributed by atoms with Crippen LogP contribution in [-0.4, -0.2) is 51.8 Å². The van der Waals surface area contributed by atoms with Gasteiger partial charge in [-0.15, -0.1) is 11.3 Å². The van der Waals surface area contributed by atoms with Crippen molar-refractivity contribution in [3.8, 4) is 0 Å². The number of carboxylic acids is 1. The molecule has 2 atom stereocenters. The van der Waals surface area contributed by atoms with E-state index in [-0.39, 0.29) is 18.2 Å². The van der Waals surface area contributed by atoms with Crippen LogP contribution in [-0.2, 0) is 17.8 Å². The monoisotopic (exact) mass is 557 g/mol. The number of benzene rings is 2. The maximum absolute atomic E-state index is 13.5. The van der Waals surface area contributed by atoms with E-state index in [1.165, 1.54) is 11.3 Å². The molecule has 3 amide bonds. The van der Waals surface area contributed by atoms with Gasteiger partial charge in [0, 0.05) is 30.5 Å². The van der Waals surface area contributed by atoms with Crippen LogP contribution in [0.2, 0.25) is 0 Å². The minimum absolute atomic E-state index is 0.104. The van der Waals surface area contributed by atoms with Gasteiger partial charge in [-0.3, -0.25) is 14.4 Å². The minimum atomic E-state index is -1.56. The topological polar surface area (TPSA) is 129 Å². The summed E-state index contributed by atoms with van der Waals surface area (Å²) in [4.78, 5) is 53.6. The van der Waals surface area contributed by atoms with Crippen LogP contribution in [0.5, 0.6) is 0 Å². The molecule has 3 heterocycles. The van der Waals surface area contributed by atoms with E-state index in [4.69, 9.17) is 4.42 Å². The molecule has 40 heavy (non-hydrogen) atoms. The molecule has 204 valence electrons. The van der Waals surface area contributed by atoms with E-state index in [9.17, 15) is 24.3 Å². The van der Waals surface area contributed by atoms with Gasteiger partial charge in [-0.25, -0.2) is 4.79 Å². The Morgan fingerprint density at radius 2 is 1.88 bits per heavy atom. The van der Waals surface area contributed by atoms with E-state index in [1.807, 2.05) is 37.3 Å². The van der Waals surface area contributed by atoms with Gasteiger partial charge in [-0.1, -0.05) is 30.3 Å². The molecule has 0 saturated heterocycles. The van der Waals surface area contributed by atoms with Gasteiger partial charge in [0.05, 0.1) is 10.9 Å². The summed E-state index contributed by atoms with van der Waals surface area (Å²) in [6, 6.07) is 13.8. The fourth-order valence-corrected chi connectivity index (χ4v) is 6.29. The highest BCUT2D eigenvalue weighted by molar-refractivity contribution is 7.12. The number of hydrogen-bond donors (Lipinski definition) is 3. The van der Waals surface area contributed by atoms with E-state index < -0.39 is 23.5 Å². The number of aliphatic carboxylic acids is 1. The number of amides is 3. The number of para-hydroxylation sites is 1. The lowest BCUT2D eigenvalue weighted by Gasteiger charge is -2.31. The zero-order valence-electron chi connectivity index (χ0n) is 21.9. The van der Waals surface area contributed by atoms with Crippen LogP contribution < -0.4 is 10.6 Å². The largest absolute Gasteiger partial charge is 0.479 e. The summed E-state index contributed by atoms with van der Waals surface area (Å²) in [6.07, 6.45) is 0.657. The SMILES string of the molecule is Cc1cc2c(c(C)c1C(=O)NC1(C(=O)O)C[C@H]1NC(=O)c1cccs1)CCN(C(=O)c1cc3ccccc3o1)C2. The van der Waals surface area contributed by atoms with Gasteiger partial charge in [0.1, 0.15) is 5.58 Å². The Labute approximate surface area is 233 Å². The third-order valence-corrected chi connectivity index (χ3v) is 8.74. The van der Waals surface area contributed by atoms with Crippen LogP contribution in [0.4, 0.5) is 0 Å². The summed E-state index contributed by atoms with van der Waals surface area (Å²) in [5.41, 5.74) is 2.90. The summed E-state index contributed by atoms with van der Waals surface area (Å²) in [6.45, 7) is 4.50. The number of carbonyl (C=O) groups excluding carboxylic acids is 3. The number of aryl methyl sites for hydroxylation is 1. The summed E-state index contributed by atoms with van der Waals surface area (Å²) in [7, 11) is 0. The van der Waals surface area contributed by atoms with E-state index in [1.54, 1.807) is 35.4 Å². The van der Waals surface area contributed by atoms with Crippen LogP contribution in [0.15, 0.2) is 58.3 Å². The van der Waals surface area contributed by atoms with Crippen LogP contribution in [0.1, 0.15) is 59.3 Å². The zero-order chi connectivity index (χ0) is 28.2. The average molecular weight is 558 g/mol. The highest BCUT2D eigenvalue weighted by atomic mass is 32.1. The summed E-state index contributed by atoms with van der Waals surface area (Å²) in [5.74, 6) is -1.94. The van der Waals surface area contributed by atoms with Gasteiger partial charge >= 0.3 is 5.97 Å². The standard InChI is InChI=1S/C30H27N3O6S/c1-16-12-19-15-33(28(36)22-13-18-6-3-4-7-21(18)39-22)10-9-20(19)17(2)25(16)27(35)32-30(29(37)38)14-24(30)31-26(34)23-8-5-11-40-23/h3-8,11-13,24H,9-10,14-15H2,1-2H3,(H,31,34)(H,32,35)(H,37,38)/t24-,30?/m1/s1. The van der Waals surface area contributed by atoms with Crippen LogP contribution in [0.25, 0.3) is 11.0 Å². The number of nitrogens with one attached hydrogen (secondary N) is 2. The molecule has 9 nitrogen and oxygen atoms in total. The highest BCUT2D eigenvalue weighted by Crippen LogP contribution is 2.38. The molecule has 3 N–H and O–H groups in total. The molecule has 2 aromatic carbocycles. The second kappa shape index (κ2) is 9.63. The highest BCUT2D eigenvalue weighted by Gasteiger charge is 2.63. The third kappa shape index (κ3) is 4.34. The molecule has 1 fully saturated rings. The van der Waals surface area contributed by atoms with Crippen molar-refractivity contribution < 1.29 is 28.7 Å². The molecule has 0 radical (unpaired) electrons. The zero-order valence-corrected chi connectivity index (χ0v) is 22.8. The van der Waals surface area contributed by atoms with Crippen molar-refractivity contribution in [1.82, 2.24) is 15.5 Å². The number of furan rings is 1. The predicted octanol–water partition coefficient (Wildman–Crippen LogP) is 4.07. The fourth-order valence-electron chi connectivity index (χ4n) is 5.66. The number of hydrogen-bond acceptors (Lipinski definition) is 6. The molecule has 1 unspecified atom stereocenters. The predicted molar refractivity (Wildman–Crippen MR) is 149 cm³/mol. The fraction of sp³-hybridized carbons (Fsp3) is 0.267. The lowest BCUT2D eigenvalue weighted by Crippen LogP contribution is -2.49. The lowest BCUT2D eigenvalue weighted by atomic mass is 9.88. The molecule has 0 spiro atoms. The molecule has 1 aliphatic carbocycles. The Morgan fingerprint density at radius 1 is 1.07 bits per heavy atom. The molecule has 2 aromatic heterocycles.